The lowest BCUT2D eigenvalue weighted by atomic mass is 9.97. The highest BCUT2D eigenvalue weighted by molar-refractivity contribution is 4.99. The van der Waals surface area contributed by atoms with E-state index in [1.807, 2.05) is 4.68 Å². The molecule has 1 heterocycles. The molecular weight excluding hydrogens is 238 g/mol. The molecule has 2 rings (SSSR count). The average Bonchev–Trinajstić information content (AvgIpc) is 3.06. The minimum absolute atomic E-state index is 0.342. The highest BCUT2D eigenvalue weighted by Gasteiger charge is 2.25. The van der Waals surface area contributed by atoms with E-state index in [0.717, 1.165) is 25.2 Å². The van der Waals surface area contributed by atoms with Crippen molar-refractivity contribution in [3.05, 3.63) is 18.0 Å². The molecule has 1 aliphatic rings. The number of aliphatic hydroxyl groups excluding tert-OH is 1. The normalized spacial score (nSPS) is 24.8. The van der Waals surface area contributed by atoms with Gasteiger partial charge in [0.1, 0.15) is 0 Å². The van der Waals surface area contributed by atoms with E-state index in [-0.39, 0.29) is 0 Å². The lowest BCUT2D eigenvalue weighted by Crippen LogP contribution is -2.26. The molecule has 0 radical (unpaired) electrons. The van der Waals surface area contributed by atoms with Crippen LogP contribution in [0.2, 0.25) is 0 Å². The van der Waals surface area contributed by atoms with Crippen molar-refractivity contribution in [1.29, 1.82) is 0 Å². The summed E-state index contributed by atoms with van der Waals surface area (Å²) in [6, 6.07) is 2.57. The van der Waals surface area contributed by atoms with Gasteiger partial charge in [0.25, 0.3) is 0 Å². The van der Waals surface area contributed by atoms with E-state index in [1.165, 1.54) is 19.3 Å². The summed E-state index contributed by atoms with van der Waals surface area (Å²) in [6.45, 7) is 6.54. The van der Waals surface area contributed by atoms with Crippen molar-refractivity contribution in [1.82, 2.24) is 15.1 Å². The fraction of sp³-hybridized carbons (Fsp3) is 0.800. The molecule has 1 aliphatic carbocycles. The van der Waals surface area contributed by atoms with Crippen LogP contribution in [0.3, 0.4) is 0 Å². The molecule has 108 valence electrons. The van der Waals surface area contributed by atoms with Gasteiger partial charge < -0.3 is 10.4 Å². The Bertz CT molecular complexity index is 377. The first-order valence-electron chi connectivity index (χ1n) is 7.60. The van der Waals surface area contributed by atoms with Crippen LogP contribution >= 0.6 is 0 Å². The van der Waals surface area contributed by atoms with E-state index < -0.39 is 0 Å². The molecule has 0 aliphatic heterocycles. The molecule has 0 bridgehead atoms. The van der Waals surface area contributed by atoms with E-state index in [1.54, 1.807) is 0 Å². The fourth-order valence-corrected chi connectivity index (χ4v) is 2.91. The van der Waals surface area contributed by atoms with Gasteiger partial charge in [-0.2, -0.15) is 5.10 Å². The zero-order valence-electron chi connectivity index (χ0n) is 12.2. The third-order valence-corrected chi connectivity index (χ3v) is 4.47. The third-order valence-electron chi connectivity index (χ3n) is 4.47. The number of nitrogens with one attached hydrogen (secondary N) is 1. The molecule has 0 amide bonds. The van der Waals surface area contributed by atoms with Crippen LogP contribution in [0.25, 0.3) is 0 Å². The molecule has 0 spiro atoms. The van der Waals surface area contributed by atoms with Crippen molar-refractivity contribution in [3.8, 4) is 0 Å². The highest BCUT2D eigenvalue weighted by Crippen LogP contribution is 2.30. The molecular formula is C15H27N3O. The number of aromatic nitrogens is 2. The van der Waals surface area contributed by atoms with Crippen molar-refractivity contribution in [3.63, 3.8) is 0 Å². The molecule has 1 aromatic rings. The summed E-state index contributed by atoms with van der Waals surface area (Å²) in [5.41, 5.74) is 1.11. The SMILES string of the molecule is CCC(C)n1ccc(CNCC2CCCC2CO)n1. The first kappa shape index (κ1) is 14.5. The highest BCUT2D eigenvalue weighted by atomic mass is 16.3. The lowest BCUT2D eigenvalue weighted by molar-refractivity contribution is 0.192. The molecule has 1 fully saturated rings. The molecule has 4 heteroatoms. The molecule has 2 N–H and O–H groups in total. The van der Waals surface area contributed by atoms with Gasteiger partial charge in [0.05, 0.1) is 5.69 Å². The summed E-state index contributed by atoms with van der Waals surface area (Å²) in [4.78, 5) is 0. The summed E-state index contributed by atoms with van der Waals surface area (Å²) in [5.74, 6) is 1.15. The van der Waals surface area contributed by atoms with E-state index in [4.69, 9.17) is 0 Å². The van der Waals surface area contributed by atoms with Crippen molar-refractivity contribution in [2.45, 2.75) is 52.1 Å². The van der Waals surface area contributed by atoms with Gasteiger partial charge >= 0.3 is 0 Å². The van der Waals surface area contributed by atoms with Gasteiger partial charge in [0.15, 0.2) is 0 Å². The number of nitrogens with zero attached hydrogens (tertiary/aromatic N) is 2. The van der Waals surface area contributed by atoms with Crippen LogP contribution < -0.4 is 5.32 Å². The van der Waals surface area contributed by atoms with E-state index in [9.17, 15) is 5.11 Å². The van der Waals surface area contributed by atoms with Crippen molar-refractivity contribution in [2.75, 3.05) is 13.2 Å². The summed E-state index contributed by atoms with van der Waals surface area (Å²) < 4.78 is 2.04. The van der Waals surface area contributed by atoms with E-state index in [2.05, 4.69) is 36.5 Å². The quantitative estimate of drug-likeness (QED) is 0.795. The average molecular weight is 265 g/mol. The molecule has 4 nitrogen and oxygen atoms in total. The Kier molecular flexibility index (Phi) is 5.40. The van der Waals surface area contributed by atoms with Crippen LogP contribution in [-0.4, -0.2) is 28.0 Å². The molecule has 3 unspecified atom stereocenters. The number of aliphatic hydroxyl groups is 1. The Balaban J connectivity index is 1.75. The zero-order chi connectivity index (χ0) is 13.7. The maximum Gasteiger partial charge on any atom is 0.0762 e. The van der Waals surface area contributed by atoms with Gasteiger partial charge in [-0.25, -0.2) is 0 Å². The van der Waals surface area contributed by atoms with Gasteiger partial charge in [-0.1, -0.05) is 13.3 Å². The minimum atomic E-state index is 0.342. The molecule has 0 aromatic carbocycles. The van der Waals surface area contributed by atoms with Gasteiger partial charge in [-0.05, 0) is 50.6 Å². The van der Waals surface area contributed by atoms with Crippen LogP contribution in [0, 0.1) is 11.8 Å². The summed E-state index contributed by atoms with van der Waals surface area (Å²) >= 11 is 0. The van der Waals surface area contributed by atoms with Gasteiger partial charge in [-0.15, -0.1) is 0 Å². The Morgan fingerprint density at radius 3 is 3.00 bits per heavy atom. The minimum Gasteiger partial charge on any atom is -0.396 e. The molecule has 19 heavy (non-hydrogen) atoms. The Morgan fingerprint density at radius 1 is 1.47 bits per heavy atom. The first-order valence-corrected chi connectivity index (χ1v) is 7.60. The largest absolute Gasteiger partial charge is 0.396 e. The van der Waals surface area contributed by atoms with Crippen molar-refractivity contribution < 1.29 is 5.11 Å². The van der Waals surface area contributed by atoms with Gasteiger partial charge in [0, 0.05) is 25.4 Å². The molecule has 1 saturated carbocycles. The second-order valence-electron chi connectivity index (χ2n) is 5.81. The maximum absolute atomic E-state index is 9.30. The van der Waals surface area contributed by atoms with Crippen LogP contribution in [0.15, 0.2) is 12.3 Å². The third kappa shape index (κ3) is 3.80. The second-order valence-corrected chi connectivity index (χ2v) is 5.81. The summed E-state index contributed by atoms with van der Waals surface area (Å²) in [5, 5.41) is 17.4. The van der Waals surface area contributed by atoms with E-state index >= 15 is 0 Å². The number of rotatable bonds is 7. The smallest absolute Gasteiger partial charge is 0.0762 e. The number of hydrogen-bond donors (Lipinski definition) is 2. The molecule has 1 aromatic heterocycles. The van der Waals surface area contributed by atoms with Crippen molar-refractivity contribution >= 4 is 0 Å². The Morgan fingerprint density at radius 2 is 2.26 bits per heavy atom. The Labute approximate surface area is 116 Å². The van der Waals surface area contributed by atoms with Crippen LogP contribution in [0.4, 0.5) is 0 Å². The summed E-state index contributed by atoms with van der Waals surface area (Å²) in [6.07, 6.45) is 6.87. The predicted molar refractivity (Wildman–Crippen MR) is 76.9 cm³/mol. The van der Waals surface area contributed by atoms with Crippen molar-refractivity contribution in [2.24, 2.45) is 11.8 Å². The maximum atomic E-state index is 9.30. The zero-order valence-corrected chi connectivity index (χ0v) is 12.2. The standard InChI is InChI=1S/C15H27N3O/c1-3-12(2)18-8-7-15(17-18)10-16-9-13-5-4-6-14(13)11-19/h7-8,12-14,16,19H,3-6,9-11H2,1-2H3. The topological polar surface area (TPSA) is 50.1 Å². The summed E-state index contributed by atoms with van der Waals surface area (Å²) in [7, 11) is 0. The van der Waals surface area contributed by atoms with Crippen LogP contribution in [-0.2, 0) is 6.54 Å². The molecule has 0 saturated heterocycles. The molecule has 3 atom stereocenters. The first-order chi connectivity index (χ1) is 9.24. The van der Waals surface area contributed by atoms with E-state index in [0.29, 0.717) is 24.5 Å². The fourth-order valence-electron chi connectivity index (χ4n) is 2.91. The monoisotopic (exact) mass is 265 g/mol. The van der Waals surface area contributed by atoms with Crippen LogP contribution in [0.5, 0.6) is 0 Å². The Hall–Kier alpha value is -0.870. The number of hydrogen-bond acceptors (Lipinski definition) is 3. The lowest BCUT2D eigenvalue weighted by Gasteiger charge is -2.17. The van der Waals surface area contributed by atoms with Gasteiger partial charge in [0.2, 0.25) is 0 Å². The second kappa shape index (κ2) is 7.06. The predicted octanol–water partition coefficient (Wildman–Crippen LogP) is 2.35. The van der Waals surface area contributed by atoms with Gasteiger partial charge in [-0.3, -0.25) is 4.68 Å². The van der Waals surface area contributed by atoms with Crippen LogP contribution in [0.1, 0.15) is 51.3 Å².